The second-order valence-electron chi connectivity index (χ2n) is 5.43. The third-order valence-electron chi connectivity index (χ3n) is 4.10. The number of aromatic nitrogens is 1. The lowest BCUT2D eigenvalue weighted by Crippen LogP contribution is -2.01. The summed E-state index contributed by atoms with van der Waals surface area (Å²) in [5.41, 5.74) is 3.86. The first-order chi connectivity index (χ1) is 11.1. The molecule has 4 heteroatoms. The van der Waals surface area contributed by atoms with E-state index in [9.17, 15) is 4.79 Å². The molecule has 0 saturated carbocycles. The van der Waals surface area contributed by atoms with E-state index in [1.807, 2.05) is 32.0 Å². The fraction of sp³-hybridized carbons (Fsp3) is 0.211. The van der Waals surface area contributed by atoms with Gasteiger partial charge in [0.2, 0.25) is 0 Å². The van der Waals surface area contributed by atoms with Gasteiger partial charge in [0, 0.05) is 32.3 Å². The van der Waals surface area contributed by atoms with Crippen molar-refractivity contribution in [1.82, 2.24) is 4.57 Å². The van der Waals surface area contributed by atoms with Crippen LogP contribution in [0.5, 0.6) is 5.75 Å². The summed E-state index contributed by atoms with van der Waals surface area (Å²) in [6.07, 6.45) is 0.490. The zero-order valence-corrected chi connectivity index (χ0v) is 15.5. The predicted molar refractivity (Wildman–Crippen MR) is 102 cm³/mol. The summed E-state index contributed by atoms with van der Waals surface area (Å²) in [4.78, 5) is 12.5. The molecule has 0 fully saturated rings. The van der Waals surface area contributed by atoms with Crippen LogP contribution < -0.4 is 4.74 Å². The van der Waals surface area contributed by atoms with Gasteiger partial charge in [0.25, 0.3) is 0 Å². The Balaban J connectivity index is 2.35. The number of carbonyl (C=O) groups is 1. The smallest absolute Gasteiger partial charge is 0.165 e. The highest BCUT2D eigenvalue weighted by Crippen LogP contribution is 2.32. The zero-order chi connectivity index (χ0) is 16.6. The van der Waals surface area contributed by atoms with Crippen LogP contribution in [0.4, 0.5) is 0 Å². The lowest BCUT2D eigenvalue weighted by atomic mass is 10.0. The molecule has 0 bridgehead atoms. The molecule has 0 aliphatic heterocycles. The Morgan fingerprint density at radius 1 is 1.17 bits per heavy atom. The molecular formula is C19H18INO2. The molecule has 3 aromatic rings. The van der Waals surface area contributed by atoms with Crippen molar-refractivity contribution in [2.75, 3.05) is 7.11 Å². The number of hydrogen-bond donors (Lipinski definition) is 0. The van der Waals surface area contributed by atoms with Crippen LogP contribution in [0.1, 0.15) is 29.4 Å². The number of ether oxygens (including phenoxy) is 1. The van der Waals surface area contributed by atoms with E-state index in [1.54, 1.807) is 7.11 Å². The zero-order valence-electron chi connectivity index (χ0n) is 13.4. The summed E-state index contributed by atoms with van der Waals surface area (Å²) in [5.74, 6) is 0.924. The van der Waals surface area contributed by atoms with Crippen molar-refractivity contribution in [2.24, 2.45) is 0 Å². The monoisotopic (exact) mass is 419 g/mol. The number of rotatable bonds is 4. The summed E-state index contributed by atoms with van der Waals surface area (Å²) in [5, 5.41) is 0.951. The van der Waals surface area contributed by atoms with Gasteiger partial charge in [0.05, 0.1) is 12.6 Å². The van der Waals surface area contributed by atoms with Crippen LogP contribution in [0.15, 0.2) is 42.5 Å². The number of nitrogens with zero attached hydrogens (tertiary/aromatic N) is 1. The predicted octanol–water partition coefficient (Wildman–Crippen LogP) is 5.14. The van der Waals surface area contributed by atoms with E-state index >= 15 is 0 Å². The normalized spacial score (nSPS) is 11.0. The highest BCUT2D eigenvalue weighted by atomic mass is 127. The number of Topliss-reactive ketones (excluding diaryl/α,β-unsaturated/α-hetero) is 1. The average Bonchev–Trinajstić information content (AvgIpc) is 2.86. The number of carbonyl (C=O) groups excluding carboxylic acids is 1. The molecule has 0 saturated heterocycles. The van der Waals surface area contributed by atoms with Crippen LogP contribution in [0.2, 0.25) is 0 Å². The molecule has 0 aliphatic carbocycles. The average molecular weight is 419 g/mol. The fourth-order valence-electron chi connectivity index (χ4n) is 2.98. The maximum atomic E-state index is 12.5. The molecule has 0 spiro atoms. The minimum Gasteiger partial charge on any atom is -0.497 e. The maximum absolute atomic E-state index is 12.5. The summed E-state index contributed by atoms with van der Waals surface area (Å²) in [6, 6.07) is 14.2. The van der Waals surface area contributed by atoms with Gasteiger partial charge in [-0.15, -0.1) is 0 Å². The quantitative estimate of drug-likeness (QED) is 0.433. The van der Waals surface area contributed by atoms with Crippen LogP contribution in [-0.4, -0.2) is 17.5 Å². The molecule has 0 aliphatic rings. The van der Waals surface area contributed by atoms with Crippen molar-refractivity contribution >= 4 is 39.3 Å². The van der Waals surface area contributed by atoms with Gasteiger partial charge in [-0.05, 0) is 72.0 Å². The third kappa shape index (κ3) is 2.76. The number of benzene rings is 2. The Labute approximate surface area is 149 Å². The van der Waals surface area contributed by atoms with Crippen LogP contribution in [0.25, 0.3) is 16.6 Å². The van der Waals surface area contributed by atoms with Crippen molar-refractivity contribution in [3.05, 3.63) is 57.3 Å². The summed E-state index contributed by atoms with van der Waals surface area (Å²) >= 11 is 2.29. The first-order valence-electron chi connectivity index (χ1n) is 7.55. The molecule has 1 heterocycles. The number of halogens is 1. The molecular weight excluding hydrogens is 401 g/mol. The standard InChI is InChI=1S/C19H18INO2/c1-4-18(22)19-12(2)21(14-7-5-13(20)6-8-14)17-10-9-15(23-3)11-16(17)19/h5-11H,4H2,1-3H3. The van der Waals surface area contributed by atoms with Gasteiger partial charge in [-0.3, -0.25) is 4.79 Å². The molecule has 2 aromatic carbocycles. The molecule has 0 amide bonds. The Kier molecular flexibility index (Phi) is 4.43. The van der Waals surface area contributed by atoms with E-state index in [1.165, 1.54) is 3.57 Å². The van der Waals surface area contributed by atoms with Gasteiger partial charge in [0.1, 0.15) is 5.75 Å². The van der Waals surface area contributed by atoms with E-state index in [0.717, 1.165) is 33.6 Å². The van der Waals surface area contributed by atoms with Crippen molar-refractivity contribution in [3.63, 3.8) is 0 Å². The lowest BCUT2D eigenvalue weighted by molar-refractivity contribution is 0.0989. The van der Waals surface area contributed by atoms with Gasteiger partial charge in [-0.25, -0.2) is 0 Å². The first-order valence-corrected chi connectivity index (χ1v) is 8.63. The fourth-order valence-corrected chi connectivity index (χ4v) is 3.34. The summed E-state index contributed by atoms with van der Waals surface area (Å²) in [6.45, 7) is 3.91. The Morgan fingerprint density at radius 3 is 2.48 bits per heavy atom. The van der Waals surface area contributed by atoms with Crippen molar-refractivity contribution in [3.8, 4) is 11.4 Å². The maximum Gasteiger partial charge on any atom is 0.165 e. The van der Waals surface area contributed by atoms with E-state index in [0.29, 0.717) is 6.42 Å². The minimum absolute atomic E-state index is 0.157. The third-order valence-corrected chi connectivity index (χ3v) is 4.82. The van der Waals surface area contributed by atoms with Gasteiger partial charge in [0.15, 0.2) is 5.78 Å². The summed E-state index contributed by atoms with van der Waals surface area (Å²) in [7, 11) is 1.64. The van der Waals surface area contributed by atoms with Crippen LogP contribution >= 0.6 is 22.6 Å². The SMILES string of the molecule is CCC(=O)c1c(C)n(-c2ccc(I)cc2)c2ccc(OC)cc12. The van der Waals surface area contributed by atoms with Crippen molar-refractivity contribution in [2.45, 2.75) is 20.3 Å². The van der Waals surface area contributed by atoms with Crippen LogP contribution in [0.3, 0.4) is 0 Å². The van der Waals surface area contributed by atoms with Crippen LogP contribution in [-0.2, 0) is 0 Å². The second kappa shape index (κ2) is 6.35. The molecule has 1 aromatic heterocycles. The topological polar surface area (TPSA) is 31.2 Å². The van der Waals surface area contributed by atoms with Crippen molar-refractivity contribution < 1.29 is 9.53 Å². The lowest BCUT2D eigenvalue weighted by Gasteiger charge is -2.09. The van der Waals surface area contributed by atoms with E-state index in [4.69, 9.17) is 4.74 Å². The van der Waals surface area contributed by atoms with Crippen molar-refractivity contribution in [1.29, 1.82) is 0 Å². The van der Waals surface area contributed by atoms with Crippen LogP contribution in [0, 0.1) is 10.5 Å². The number of fused-ring (bicyclic) bond motifs is 1. The highest BCUT2D eigenvalue weighted by Gasteiger charge is 2.20. The largest absolute Gasteiger partial charge is 0.497 e. The molecule has 0 radical (unpaired) electrons. The minimum atomic E-state index is 0.157. The van der Waals surface area contributed by atoms with Gasteiger partial charge >= 0.3 is 0 Å². The van der Waals surface area contributed by atoms with Gasteiger partial charge in [-0.1, -0.05) is 6.92 Å². The summed E-state index contributed by atoms with van der Waals surface area (Å²) < 4.78 is 8.67. The van der Waals surface area contributed by atoms with E-state index in [-0.39, 0.29) is 5.78 Å². The molecule has 0 N–H and O–H groups in total. The first kappa shape index (κ1) is 16.1. The molecule has 118 valence electrons. The number of hydrogen-bond acceptors (Lipinski definition) is 2. The molecule has 3 nitrogen and oxygen atoms in total. The number of ketones is 1. The molecule has 0 unspecified atom stereocenters. The second-order valence-corrected chi connectivity index (χ2v) is 6.68. The van der Waals surface area contributed by atoms with E-state index < -0.39 is 0 Å². The van der Waals surface area contributed by atoms with E-state index in [2.05, 4.69) is 51.4 Å². The molecule has 3 rings (SSSR count). The molecule has 23 heavy (non-hydrogen) atoms. The Hall–Kier alpha value is -1.82. The Bertz CT molecular complexity index is 879. The number of methoxy groups -OCH3 is 1. The van der Waals surface area contributed by atoms with Gasteiger partial charge in [-0.2, -0.15) is 0 Å². The van der Waals surface area contributed by atoms with Gasteiger partial charge < -0.3 is 9.30 Å². The highest BCUT2D eigenvalue weighted by molar-refractivity contribution is 14.1. The Morgan fingerprint density at radius 2 is 1.87 bits per heavy atom. The molecule has 0 atom stereocenters.